The lowest BCUT2D eigenvalue weighted by molar-refractivity contribution is -0.137. The standard InChI is InChI=1S/C21H27N3O3/c1-14-13-18(15(2)27-14)19(25)23-17-9-11-24(12-10-17)20(26)21(3,22)16-7-5-4-6-8-16/h4-8,13,17H,9-12,22H2,1-3H3,(H,23,25). The predicted octanol–water partition coefficient (Wildman–Crippen LogP) is 2.49. The first-order valence-corrected chi connectivity index (χ1v) is 9.30. The van der Waals surface area contributed by atoms with Crippen LogP contribution in [0.25, 0.3) is 0 Å². The summed E-state index contributed by atoms with van der Waals surface area (Å²) in [4.78, 5) is 27.1. The number of hydrogen-bond acceptors (Lipinski definition) is 4. The van der Waals surface area contributed by atoms with Crippen molar-refractivity contribution in [2.75, 3.05) is 13.1 Å². The van der Waals surface area contributed by atoms with Crippen LogP contribution >= 0.6 is 0 Å². The molecule has 0 saturated carbocycles. The van der Waals surface area contributed by atoms with Crippen molar-refractivity contribution in [3.05, 3.63) is 59.0 Å². The highest BCUT2D eigenvalue weighted by Gasteiger charge is 2.36. The van der Waals surface area contributed by atoms with Crippen molar-refractivity contribution in [1.29, 1.82) is 0 Å². The van der Waals surface area contributed by atoms with Gasteiger partial charge >= 0.3 is 0 Å². The van der Waals surface area contributed by atoms with Crippen LogP contribution in [0.1, 0.15) is 47.2 Å². The molecule has 3 rings (SSSR count). The average Bonchev–Trinajstić information content (AvgIpc) is 3.01. The third-order valence-corrected chi connectivity index (χ3v) is 5.22. The van der Waals surface area contributed by atoms with Crippen LogP contribution in [0.4, 0.5) is 0 Å². The summed E-state index contributed by atoms with van der Waals surface area (Å²) in [7, 11) is 0. The van der Waals surface area contributed by atoms with Crippen molar-refractivity contribution in [3.63, 3.8) is 0 Å². The molecule has 1 unspecified atom stereocenters. The third kappa shape index (κ3) is 4.06. The molecule has 1 fully saturated rings. The van der Waals surface area contributed by atoms with E-state index in [0.717, 1.165) is 11.3 Å². The number of carbonyl (C=O) groups is 2. The van der Waals surface area contributed by atoms with E-state index in [2.05, 4.69) is 5.32 Å². The first-order chi connectivity index (χ1) is 12.8. The molecule has 6 nitrogen and oxygen atoms in total. The summed E-state index contributed by atoms with van der Waals surface area (Å²) in [6.07, 6.45) is 1.41. The fourth-order valence-electron chi connectivity index (χ4n) is 3.58. The summed E-state index contributed by atoms with van der Waals surface area (Å²) < 4.78 is 5.43. The largest absolute Gasteiger partial charge is 0.466 e. The number of rotatable bonds is 4. The van der Waals surface area contributed by atoms with Crippen molar-refractivity contribution in [2.45, 2.75) is 45.2 Å². The molecule has 27 heavy (non-hydrogen) atoms. The highest BCUT2D eigenvalue weighted by atomic mass is 16.3. The van der Waals surface area contributed by atoms with Gasteiger partial charge in [-0.25, -0.2) is 0 Å². The topological polar surface area (TPSA) is 88.6 Å². The van der Waals surface area contributed by atoms with Gasteiger partial charge in [-0.05, 0) is 45.2 Å². The minimum absolute atomic E-state index is 0.0388. The molecule has 2 amide bonds. The molecule has 3 N–H and O–H groups in total. The Kier molecular flexibility index (Phi) is 5.37. The number of piperidine rings is 1. The van der Waals surface area contributed by atoms with E-state index in [9.17, 15) is 9.59 Å². The molecule has 1 atom stereocenters. The quantitative estimate of drug-likeness (QED) is 0.867. The van der Waals surface area contributed by atoms with Gasteiger partial charge in [0.25, 0.3) is 5.91 Å². The molecule has 2 aromatic rings. The fraction of sp³-hybridized carbons (Fsp3) is 0.429. The third-order valence-electron chi connectivity index (χ3n) is 5.22. The van der Waals surface area contributed by atoms with E-state index in [1.54, 1.807) is 24.8 Å². The summed E-state index contributed by atoms with van der Waals surface area (Å²) >= 11 is 0. The molecule has 144 valence electrons. The molecule has 0 aliphatic carbocycles. The van der Waals surface area contributed by atoms with Crippen LogP contribution in [-0.2, 0) is 10.3 Å². The number of carbonyl (C=O) groups excluding carboxylic acids is 2. The molecule has 0 bridgehead atoms. The number of nitrogens with two attached hydrogens (primary N) is 1. The van der Waals surface area contributed by atoms with Gasteiger partial charge in [-0.15, -0.1) is 0 Å². The van der Waals surface area contributed by atoms with E-state index in [4.69, 9.17) is 10.2 Å². The summed E-state index contributed by atoms with van der Waals surface area (Å²) in [6.45, 7) is 6.52. The second kappa shape index (κ2) is 7.56. The number of nitrogens with zero attached hydrogens (tertiary/aromatic N) is 1. The lowest BCUT2D eigenvalue weighted by Crippen LogP contribution is -2.55. The lowest BCUT2D eigenvalue weighted by atomic mass is 9.90. The van der Waals surface area contributed by atoms with Crippen molar-refractivity contribution in [1.82, 2.24) is 10.2 Å². The average molecular weight is 369 g/mol. The second-order valence-electron chi connectivity index (χ2n) is 7.44. The van der Waals surface area contributed by atoms with Crippen LogP contribution in [0.2, 0.25) is 0 Å². The van der Waals surface area contributed by atoms with Crippen molar-refractivity contribution < 1.29 is 14.0 Å². The Hall–Kier alpha value is -2.60. The molecule has 0 spiro atoms. The molecule has 1 aliphatic heterocycles. The van der Waals surface area contributed by atoms with Gasteiger partial charge in [0.2, 0.25) is 5.91 Å². The predicted molar refractivity (Wildman–Crippen MR) is 103 cm³/mol. The second-order valence-corrected chi connectivity index (χ2v) is 7.44. The Labute approximate surface area is 159 Å². The highest BCUT2D eigenvalue weighted by molar-refractivity contribution is 5.95. The first kappa shape index (κ1) is 19.2. The minimum Gasteiger partial charge on any atom is -0.466 e. The Morgan fingerprint density at radius 2 is 1.81 bits per heavy atom. The van der Waals surface area contributed by atoms with Crippen molar-refractivity contribution >= 4 is 11.8 Å². The number of hydrogen-bond donors (Lipinski definition) is 2. The van der Waals surface area contributed by atoms with Gasteiger partial charge in [-0.1, -0.05) is 30.3 Å². The zero-order valence-corrected chi connectivity index (χ0v) is 16.1. The summed E-state index contributed by atoms with van der Waals surface area (Å²) in [5, 5.41) is 3.05. The summed E-state index contributed by atoms with van der Waals surface area (Å²) in [5.74, 6) is 1.14. The lowest BCUT2D eigenvalue weighted by Gasteiger charge is -2.37. The van der Waals surface area contributed by atoms with Gasteiger partial charge < -0.3 is 20.4 Å². The van der Waals surface area contributed by atoms with Gasteiger partial charge in [0.15, 0.2) is 0 Å². The summed E-state index contributed by atoms with van der Waals surface area (Å²) in [5.41, 5.74) is 6.67. The van der Waals surface area contributed by atoms with E-state index in [-0.39, 0.29) is 17.9 Å². The summed E-state index contributed by atoms with van der Waals surface area (Å²) in [6, 6.07) is 11.2. The van der Waals surface area contributed by atoms with Crippen LogP contribution in [0, 0.1) is 13.8 Å². The van der Waals surface area contributed by atoms with Crippen LogP contribution in [0.15, 0.2) is 40.8 Å². The van der Waals surface area contributed by atoms with Gasteiger partial charge in [0.1, 0.15) is 17.1 Å². The Balaban J connectivity index is 1.58. The Bertz CT molecular complexity index is 818. The number of likely N-dealkylation sites (tertiary alicyclic amines) is 1. The molecule has 1 aliphatic rings. The van der Waals surface area contributed by atoms with E-state index >= 15 is 0 Å². The first-order valence-electron chi connectivity index (χ1n) is 9.30. The molecule has 0 radical (unpaired) electrons. The van der Waals surface area contributed by atoms with Crippen molar-refractivity contribution in [3.8, 4) is 0 Å². The van der Waals surface area contributed by atoms with Gasteiger partial charge in [-0.3, -0.25) is 9.59 Å². The number of furan rings is 1. The Morgan fingerprint density at radius 3 is 2.37 bits per heavy atom. The molecule has 1 saturated heterocycles. The molecule has 1 aromatic carbocycles. The van der Waals surface area contributed by atoms with E-state index in [1.165, 1.54) is 0 Å². The van der Waals surface area contributed by atoms with Gasteiger partial charge in [0, 0.05) is 19.1 Å². The number of benzene rings is 1. The number of nitrogens with one attached hydrogen (secondary N) is 1. The molecule has 2 heterocycles. The van der Waals surface area contributed by atoms with Gasteiger partial charge in [-0.2, -0.15) is 0 Å². The smallest absolute Gasteiger partial charge is 0.255 e. The molecular weight excluding hydrogens is 342 g/mol. The van der Waals surface area contributed by atoms with Crippen LogP contribution < -0.4 is 11.1 Å². The fourth-order valence-corrected chi connectivity index (χ4v) is 3.58. The van der Waals surface area contributed by atoms with Crippen molar-refractivity contribution in [2.24, 2.45) is 5.73 Å². The zero-order valence-electron chi connectivity index (χ0n) is 16.1. The maximum atomic E-state index is 12.9. The number of amides is 2. The molecule has 1 aromatic heterocycles. The maximum Gasteiger partial charge on any atom is 0.255 e. The van der Waals surface area contributed by atoms with Crippen LogP contribution in [-0.4, -0.2) is 35.8 Å². The van der Waals surface area contributed by atoms with E-state index in [0.29, 0.717) is 37.3 Å². The van der Waals surface area contributed by atoms with Crippen LogP contribution in [0.5, 0.6) is 0 Å². The maximum absolute atomic E-state index is 12.9. The normalized spacial score (nSPS) is 17.4. The van der Waals surface area contributed by atoms with E-state index < -0.39 is 5.54 Å². The van der Waals surface area contributed by atoms with Gasteiger partial charge in [0.05, 0.1) is 5.56 Å². The molecular formula is C21H27N3O3. The number of aryl methyl sites for hydroxylation is 2. The molecule has 6 heteroatoms. The van der Waals surface area contributed by atoms with Crippen LogP contribution in [0.3, 0.4) is 0 Å². The van der Waals surface area contributed by atoms with E-state index in [1.807, 2.05) is 37.3 Å². The zero-order chi connectivity index (χ0) is 19.6. The Morgan fingerprint density at radius 1 is 1.19 bits per heavy atom. The SMILES string of the molecule is Cc1cc(C(=O)NC2CCN(C(=O)C(C)(N)c3ccccc3)CC2)c(C)o1. The minimum atomic E-state index is -1.05. The monoisotopic (exact) mass is 369 g/mol. The highest BCUT2D eigenvalue weighted by Crippen LogP contribution is 2.23.